The Bertz CT molecular complexity index is 275. The highest BCUT2D eigenvalue weighted by atomic mass is 16.6. The van der Waals surface area contributed by atoms with Gasteiger partial charge >= 0.3 is 11.9 Å². The van der Waals surface area contributed by atoms with Crippen LogP contribution in [0.1, 0.15) is 26.7 Å². The fraction of sp³-hybridized carbons (Fsp3) is 0.556. The summed E-state index contributed by atoms with van der Waals surface area (Å²) in [4.78, 5) is 21.9. The number of esters is 2. The lowest BCUT2D eigenvalue weighted by atomic mass is 10.0. The quantitative estimate of drug-likeness (QED) is 0.513. The van der Waals surface area contributed by atoms with Crippen LogP contribution in [0.2, 0.25) is 0 Å². The van der Waals surface area contributed by atoms with Crippen LogP contribution in [0.3, 0.4) is 0 Å². The first-order valence-corrected chi connectivity index (χ1v) is 4.16. The predicted octanol–water partition coefficient (Wildman–Crippen LogP) is 0.547. The summed E-state index contributed by atoms with van der Waals surface area (Å²) in [7, 11) is 0. The van der Waals surface area contributed by atoms with Crippen molar-refractivity contribution in [3.05, 3.63) is 11.1 Å². The van der Waals surface area contributed by atoms with Crippen molar-refractivity contribution in [3.63, 3.8) is 0 Å². The molecule has 72 valence electrons. The molecule has 0 fully saturated rings. The topological polar surface area (TPSA) is 63.6 Å². The van der Waals surface area contributed by atoms with Crippen molar-refractivity contribution in [2.45, 2.75) is 32.8 Å². The number of hydrogen-bond donors (Lipinski definition) is 1. The van der Waals surface area contributed by atoms with Crippen LogP contribution in [0.15, 0.2) is 11.1 Å². The molecule has 13 heavy (non-hydrogen) atoms. The number of ether oxygens (including phenoxy) is 1. The zero-order valence-corrected chi connectivity index (χ0v) is 7.66. The van der Waals surface area contributed by atoms with Crippen LogP contribution in [-0.4, -0.2) is 23.1 Å². The van der Waals surface area contributed by atoms with Gasteiger partial charge in [-0.05, 0) is 26.7 Å². The van der Waals surface area contributed by atoms with Gasteiger partial charge in [-0.15, -0.1) is 0 Å². The zero-order valence-electron chi connectivity index (χ0n) is 7.66. The lowest BCUT2D eigenvalue weighted by Crippen LogP contribution is -2.05. The van der Waals surface area contributed by atoms with Crippen molar-refractivity contribution in [2.75, 3.05) is 0 Å². The van der Waals surface area contributed by atoms with Gasteiger partial charge in [0, 0.05) is 11.1 Å². The maximum atomic E-state index is 11.0. The van der Waals surface area contributed by atoms with Crippen molar-refractivity contribution >= 4 is 11.9 Å². The van der Waals surface area contributed by atoms with Gasteiger partial charge in [0.25, 0.3) is 0 Å². The first-order chi connectivity index (χ1) is 6.02. The molecule has 1 N–H and O–H groups in total. The molecule has 1 rings (SSSR count). The molecule has 1 heterocycles. The monoisotopic (exact) mass is 184 g/mol. The number of carbonyl (C=O) groups is 2. The highest BCUT2D eigenvalue weighted by molar-refractivity contribution is 6.11. The molecule has 0 aliphatic carbocycles. The highest BCUT2D eigenvalue weighted by Gasteiger charge is 2.29. The number of rotatable bonds is 3. The van der Waals surface area contributed by atoms with E-state index >= 15 is 0 Å². The van der Waals surface area contributed by atoms with Crippen molar-refractivity contribution in [1.29, 1.82) is 0 Å². The molecule has 0 aromatic heterocycles. The summed E-state index contributed by atoms with van der Waals surface area (Å²) in [6.07, 6.45) is 0.396. The zero-order chi connectivity index (χ0) is 10.0. The molecule has 0 bridgehead atoms. The van der Waals surface area contributed by atoms with E-state index in [2.05, 4.69) is 4.74 Å². The van der Waals surface area contributed by atoms with E-state index in [1.165, 1.54) is 0 Å². The normalized spacial score (nSPS) is 19.3. The van der Waals surface area contributed by atoms with Crippen LogP contribution in [-0.2, 0) is 14.3 Å². The molecule has 1 atom stereocenters. The van der Waals surface area contributed by atoms with Gasteiger partial charge < -0.3 is 9.84 Å². The molecule has 4 heteroatoms. The first-order valence-electron chi connectivity index (χ1n) is 4.16. The molecule has 0 unspecified atom stereocenters. The van der Waals surface area contributed by atoms with E-state index in [4.69, 9.17) is 5.11 Å². The molecular formula is C9H12O4. The molecule has 0 saturated carbocycles. The Morgan fingerprint density at radius 3 is 2.38 bits per heavy atom. The van der Waals surface area contributed by atoms with E-state index in [9.17, 15) is 9.59 Å². The van der Waals surface area contributed by atoms with Gasteiger partial charge in [-0.2, -0.15) is 0 Å². The molecule has 0 radical (unpaired) electrons. The Morgan fingerprint density at radius 1 is 1.38 bits per heavy atom. The molecule has 1 aliphatic heterocycles. The Hall–Kier alpha value is -1.16. The number of hydrogen-bond acceptors (Lipinski definition) is 4. The van der Waals surface area contributed by atoms with Crippen molar-refractivity contribution in [3.8, 4) is 0 Å². The van der Waals surface area contributed by atoms with Gasteiger partial charge in [0.2, 0.25) is 0 Å². The Kier molecular flexibility index (Phi) is 2.83. The number of aliphatic hydroxyl groups is 1. The summed E-state index contributed by atoms with van der Waals surface area (Å²) in [5.41, 5.74) is 0.761. The second kappa shape index (κ2) is 3.70. The van der Waals surface area contributed by atoms with Gasteiger partial charge in [-0.3, -0.25) is 0 Å². The molecule has 0 aromatic rings. The Labute approximate surface area is 76.2 Å². The SMILES string of the molecule is CC1=C(CC[C@H](C)O)C(=O)OC1=O. The van der Waals surface area contributed by atoms with Gasteiger partial charge in [-0.1, -0.05) is 0 Å². The maximum Gasteiger partial charge on any atom is 0.342 e. The van der Waals surface area contributed by atoms with Gasteiger partial charge in [0.15, 0.2) is 0 Å². The molecule has 0 saturated heterocycles. The van der Waals surface area contributed by atoms with Gasteiger partial charge in [0.1, 0.15) is 0 Å². The third-order valence-corrected chi connectivity index (χ3v) is 2.00. The van der Waals surface area contributed by atoms with Crippen LogP contribution in [0, 0.1) is 0 Å². The first kappa shape index (κ1) is 9.92. The lowest BCUT2D eigenvalue weighted by molar-refractivity contribution is -0.151. The summed E-state index contributed by atoms with van der Waals surface area (Å²) in [6, 6.07) is 0. The number of cyclic esters (lactones) is 2. The number of carbonyl (C=O) groups excluding carboxylic acids is 2. The minimum absolute atomic E-state index is 0.366. The average molecular weight is 184 g/mol. The van der Waals surface area contributed by atoms with E-state index < -0.39 is 18.0 Å². The standard InChI is InChI=1S/C9H12O4/c1-5(10)3-4-7-6(2)8(11)13-9(7)12/h5,10H,3-4H2,1-2H3/t5-/m0/s1. The van der Waals surface area contributed by atoms with Gasteiger partial charge in [-0.25, -0.2) is 9.59 Å². The van der Waals surface area contributed by atoms with Crippen LogP contribution in [0.5, 0.6) is 0 Å². The second-order valence-electron chi connectivity index (χ2n) is 3.17. The fourth-order valence-corrected chi connectivity index (χ4v) is 1.14. The largest absolute Gasteiger partial charge is 0.393 e. The van der Waals surface area contributed by atoms with Gasteiger partial charge in [0.05, 0.1) is 6.10 Å². The van der Waals surface area contributed by atoms with Crippen molar-refractivity contribution < 1.29 is 19.4 Å². The molecular weight excluding hydrogens is 172 g/mol. The predicted molar refractivity (Wildman–Crippen MR) is 44.7 cm³/mol. The average Bonchev–Trinajstić information content (AvgIpc) is 2.24. The second-order valence-corrected chi connectivity index (χ2v) is 3.17. The van der Waals surface area contributed by atoms with Crippen molar-refractivity contribution in [1.82, 2.24) is 0 Å². The third kappa shape index (κ3) is 2.15. The molecule has 4 nitrogen and oxygen atoms in total. The van der Waals surface area contributed by atoms with Crippen LogP contribution in [0.25, 0.3) is 0 Å². The minimum Gasteiger partial charge on any atom is -0.393 e. The summed E-state index contributed by atoms with van der Waals surface area (Å²) < 4.78 is 4.38. The molecule has 0 amide bonds. The van der Waals surface area contributed by atoms with E-state index in [0.29, 0.717) is 24.0 Å². The smallest absolute Gasteiger partial charge is 0.342 e. The molecule has 0 spiro atoms. The van der Waals surface area contributed by atoms with Crippen LogP contribution in [0.4, 0.5) is 0 Å². The summed E-state index contributed by atoms with van der Waals surface area (Å²) in [5.74, 6) is -1.13. The summed E-state index contributed by atoms with van der Waals surface area (Å²) in [5, 5.41) is 8.99. The minimum atomic E-state index is -0.567. The summed E-state index contributed by atoms with van der Waals surface area (Å²) in [6.45, 7) is 3.20. The van der Waals surface area contributed by atoms with Crippen LogP contribution >= 0.6 is 0 Å². The number of aliphatic hydroxyl groups excluding tert-OH is 1. The Morgan fingerprint density at radius 2 is 2.00 bits per heavy atom. The third-order valence-electron chi connectivity index (χ3n) is 2.00. The van der Waals surface area contributed by atoms with E-state index in [-0.39, 0.29) is 0 Å². The van der Waals surface area contributed by atoms with E-state index in [1.807, 2.05) is 0 Å². The van der Waals surface area contributed by atoms with E-state index in [0.717, 1.165) is 0 Å². The van der Waals surface area contributed by atoms with E-state index in [1.54, 1.807) is 13.8 Å². The highest BCUT2D eigenvalue weighted by Crippen LogP contribution is 2.21. The molecule has 0 aromatic carbocycles. The maximum absolute atomic E-state index is 11.0. The van der Waals surface area contributed by atoms with Crippen molar-refractivity contribution in [2.24, 2.45) is 0 Å². The fourth-order valence-electron chi connectivity index (χ4n) is 1.14. The summed E-state index contributed by atoms with van der Waals surface area (Å²) >= 11 is 0. The molecule has 1 aliphatic rings. The lowest BCUT2D eigenvalue weighted by Gasteiger charge is -2.02. The van der Waals surface area contributed by atoms with Crippen LogP contribution < -0.4 is 0 Å². The Balaban J connectivity index is 2.67.